The highest BCUT2D eigenvalue weighted by molar-refractivity contribution is 6.00. The standard InChI is InChI=1S/C19H19N5O/c1-13-5-3-4-6-17(13)22-19(25)21-16-10-8-15(9-11-16)20-18-12-7-14(2)23-24-18/h3-12H,1-2H3,(H,20,24)(H2,21,22,25). The van der Waals surface area contributed by atoms with Gasteiger partial charge in [0.15, 0.2) is 5.82 Å². The lowest BCUT2D eigenvalue weighted by molar-refractivity contribution is 0.262. The third-order valence-electron chi connectivity index (χ3n) is 3.61. The summed E-state index contributed by atoms with van der Waals surface area (Å²) in [6, 6.07) is 18.5. The summed E-state index contributed by atoms with van der Waals surface area (Å²) < 4.78 is 0. The lowest BCUT2D eigenvalue weighted by atomic mass is 10.2. The normalized spacial score (nSPS) is 10.2. The Kier molecular flexibility index (Phi) is 4.89. The van der Waals surface area contributed by atoms with Gasteiger partial charge in [0.25, 0.3) is 0 Å². The molecule has 2 aromatic carbocycles. The maximum Gasteiger partial charge on any atom is 0.323 e. The number of carbonyl (C=O) groups excluding carboxylic acids is 1. The van der Waals surface area contributed by atoms with Crippen molar-refractivity contribution in [3.63, 3.8) is 0 Å². The molecule has 0 aliphatic rings. The molecule has 6 heteroatoms. The summed E-state index contributed by atoms with van der Waals surface area (Å²) in [5.41, 5.74) is 4.23. The molecule has 2 amide bonds. The zero-order chi connectivity index (χ0) is 17.6. The number of nitrogens with one attached hydrogen (secondary N) is 3. The third kappa shape index (κ3) is 4.54. The van der Waals surface area contributed by atoms with Crippen LogP contribution in [0.15, 0.2) is 60.7 Å². The largest absolute Gasteiger partial charge is 0.339 e. The topological polar surface area (TPSA) is 78.9 Å². The molecule has 0 bridgehead atoms. The van der Waals surface area contributed by atoms with E-state index in [1.807, 2.05) is 74.5 Å². The van der Waals surface area contributed by atoms with E-state index in [0.717, 1.165) is 22.6 Å². The molecule has 1 heterocycles. The van der Waals surface area contributed by atoms with Crippen LogP contribution in [0.3, 0.4) is 0 Å². The number of aromatic nitrogens is 2. The smallest absolute Gasteiger partial charge is 0.323 e. The van der Waals surface area contributed by atoms with E-state index in [0.29, 0.717) is 11.5 Å². The van der Waals surface area contributed by atoms with Gasteiger partial charge < -0.3 is 16.0 Å². The molecule has 0 saturated carbocycles. The Bertz CT molecular complexity index is 860. The lowest BCUT2D eigenvalue weighted by Crippen LogP contribution is -2.19. The highest BCUT2D eigenvalue weighted by Crippen LogP contribution is 2.18. The molecule has 0 aliphatic heterocycles. The van der Waals surface area contributed by atoms with Gasteiger partial charge in [0.05, 0.1) is 5.69 Å². The number of hydrogen-bond acceptors (Lipinski definition) is 4. The first-order chi connectivity index (χ1) is 12.1. The number of urea groups is 1. The Labute approximate surface area is 146 Å². The van der Waals surface area contributed by atoms with Gasteiger partial charge in [-0.15, -0.1) is 5.10 Å². The highest BCUT2D eigenvalue weighted by Gasteiger charge is 2.05. The van der Waals surface area contributed by atoms with Gasteiger partial charge in [-0.2, -0.15) is 5.10 Å². The lowest BCUT2D eigenvalue weighted by Gasteiger charge is -2.10. The summed E-state index contributed by atoms with van der Waals surface area (Å²) in [6.07, 6.45) is 0. The van der Waals surface area contributed by atoms with E-state index in [4.69, 9.17) is 0 Å². The van der Waals surface area contributed by atoms with Crippen LogP contribution < -0.4 is 16.0 Å². The fourth-order valence-electron chi connectivity index (χ4n) is 2.25. The van der Waals surface area contributed by atoms with Gasteiger partial charge in [-0.05, 0) is 61.9 Å². The number of amides is 2. The molecular weight excluding hydrogens is 314 g/mol. The van der Waals surface area contributed by atoms with Crippen LogP contribution in [0.1, 0.15) is 11.3 Å². The van der Waals surface area contributed by atoms with Crippen LogP contribution in [0, 0.1) is 13.8 Å². The van der Waals surface area contributed by atoms with Crippen LogP contribution in [0.5, 0.6) is 0 Å². The minimum absolute atomic E-state index is 0.278. The molecule has 126 valence electrons. The molecule has 0 aliphatic carbocycles. The predicted octanol–water partition coefficient (Wildman–Crippen LogP) is 4.48. The Balaban J connectivity index is 1.59. The first kappa shape index (κ1) is 16.4. The molecule has 3 N–H and O–H groups in total. The first-order valence-corrected chi connectivity index (χ1v) is 7.91. The average Bonchev–Trinajstić information content (AvgIpc) is 2.61. The summed E-state index contributed by atoms with van der Waals surface area (Å²) in [4.78, 5) is 12.1. The summed E-state index contributed by atoms with van der Waals surface area (Å²) in [5.74, 6) is 0.670. The molecule has 0 radical (unpaired) electrons. The Morgan fingerprint density at radius 1 is 0.800 bits per heavy atom. The van der Waals surface area contributed by atoms with E-state index in [-0.39, 0.29) is 6.03 Å². The second kappa shape index (κ2) is 7.44. The van der Waals surface area contributed by atoms with Gasteiger partial charge in [-0.1, -0.05) is 18.2 Å². The molecule has 0 unspecified atom stereocenters. The second-order valence-corrected chi connectivity index (χ2v) is 5.66. The molecule has 3 rings (SSSR count). The zero-order valence-corrected chi connectivity index (χ0v) is 14.1. The van der Waals surface area contributed by atoms with Crippen LogP contribution >= 0.6 is 0 Å². The molecular formula is C19H19N5O. The van der Waals surface area contributed by atoms with Crippen molar-refractivity contribution in [2.24, 2.45) is 0 Å². The number of para-hydroxylation sites is 1. The number of aryl methyl sites for hydroxylation is 2. The molecule has 0 fully saturated rings. The van der Waals surface area contributed by atoms with Crippen LogP contribution in [0.25, 0.3) is 0 Å². The Hall–Kier alpha value is -3.41. The van der Waals surface area contributed by atoms with Gasteiger partial charge in [0.1, 0.15) is 0 Å². The maximum absolute atomic E-state index is 12.1. The van der Waals surface area contributed by atoms with Crippen molar-refractivity contribution in [1.82, 2.24) is 10.2 Å². The average molecular weight is 333 g/mol. The quantitative estimate of drug-likeness (QED) is 0.657. The molecule has 0 spiro atoms. The Morgan fingerprint density at radius 3 is 2.20 bits per heavy atom. The molecule has 6 nitrogen and oxygen atoms in total. The molecule has 0 saturated heterocycles. The molecule has 3 aromatic rings. The van der Waals surface area contributed by atoms with E-state index in [9.17, 15) is 4.79 Å². The van der Waals surface area contributed by atoms with Crippen molar-refractivity contribution in [3.05, 3.63) is 71.9 Å². The monoisotopic (exact) mass is 333 g/mol. The zero-order valence-electron chi connectivity index (χ0n) is 14.1. The fraction of sp³-hybridized carbons (Fsp3) is 0.105. The molecule has 1 aromatic heterocycles. The highest BCUT2D eigenvalue weighted by atomic mass is 16.2. The summed E-state index contributed by atoms with van der Waals surface area (Å²) >= 11 is 0. The van der Waals surface area contributed by atoms with Crippen molar-refractivity contribution in [2.45, 2.75) is 13.8 Å². The number of carbonyl (C=O) groups is 1. The number of rotatable bonds is 4. The van der Waals surface area contributed by atoms with Crippen LogP contribution in [-0.4, -0.2) is 16.2 Å². The van der Waals surface area contributed by atoms with Gasteiger partial charge in [-0.3, -0.25) is 0 Å². The number of anilines is 4. The van der Waals surface area contributed by atoms with Crippen LogP contribution in [0.2, 0.25) is 0 Å². The van der Waals surface area contributed by atoms with Gasteiger partial charge >= 0.3 is 6.03 Å². The van der Waals surface area contributed by atoms with E-state index in [1.54, 1.807) is 0 Å². The fourth-order valence-corrected chi connectivity index (χ4v) is 2.25. The predicted molar refractivity (Wildman–Crippen MR) is 100 cm³/mol. The summed E-state index contributed by atoms with van der Waals surface area (Å²) in [7, 11) is 0. The van der Waals surface area contributed by atoms with Crippen LogP contribution in [-0.2, 0) is 0 Å². The van der Waals surface area contributed by atoms with Crippen molar-refractivity contribution in [3.8, 4) is 0 Å². The number of nitrogens with zero attached hydrogens (tertiary/aromatic N) is 2. The van der Waals surface area contributed by atoms with E-state index < -0.39 is 0 Å². The molecule has 25 heavy (non-hydrogen) atoms. The maximum atomic E-state index is 12.1. The van der Waals surface area contributed by atoms with Crippen molar-refractivity contribution < 1.29 is 4.79 Å². The van der Waals surface area contributed by atoms with Crippen LogP contribution in [0.4, 0.5) is 27.7 Å². The SMILES string of the molecule is Cc1ccc(Nc2ccc(NC(=O)Nc3ccccc3C)cc2)nn1. The van der Waals surface area contributed by atoms with E-state index in [2.05, 4.69) is 26.1 Å². The first-order valence-electron chi connectivity index (χ1n) is 7.91. The summed E-state index contributed by atoms with van der Waals surface area (Å²) in [5, 5.41) is 16.9. The number of benzene rings is 2. The summed E-state index contributed by atoms with van der Waals surface area (Å²) in [6.45, 7) is 3.84. The van der Waals surface area contributed by atoms with Gasteiger partial charge in [0.2, 0.25) is 0 Å². The minimum Gasteiger partial charge on any atom is -0.339 e. The second-order valence-electron chi connectivity index (χ2n) is 5.66. The van der Waals surface area contributed by atoms with Gasteiger partial charge in [0, 0.05) is 17.1 Å². The van der Waals surface area contributed by atoms with Crippen molar-refractivity contribution in [2.75, 3.05) is 16.0 Å². The van der Waals surface area contributed by atoms with Gasteiger partial charge in [-0.25, -0.2) is 4.79 Å². The van der Waals surface area contributed by atoms with E-state index >= 15 is 0 Å². The van der Waals surface area contributed by atoms with Crippen molar-refractivity contribution in [1.29, 1.82) is 0 Å². The third-order valence-corrected chi connectivity index (χ3v) is 3.61. The Morgan fingerprint density at radius 2 is 1.52 bits per heavy atom. The molecule has 0 atom stereocenters. The number of hydrogen-bond donors (Lipinski definition) is 3. The van der Waals surface area contributed by atoms with Crippen molar-refractivity contribution >= 4 is 28.9 Å². The minimum atomic E-state index is -0.278. The van der Waals surface area contributed by atoms with E-state index in [1.165, 1.54) is 0 Å².